The van der Waals surface area contributed by atoms with Gasteiger partial charge in [0, 0.05) is 31.3 Å². The quantitative estimate of drug-likeness (QED) is 0.719. The summed E-state index contributed by atoms with van der Waals surface area (Å²) in [5, 5.41) is 8.44. The fourth-order valence-corrected chi connectivity index (χ4v) is 3.31. The number of benzene rings is 1. The number of pyridine rings is 1. The predicted octanol–water partition coefficient (Wildman–Crippen LogP) is 3.03. The van der Waals surface area contributed by atoms with E-state index in [-0.39, 0.29) is 11.5 Å². The van der Waals surface area contributed by atoms with Crippen molar-refractivity contribution in [3.05, 3.63) is 65.6 Å². The Morgan fingerprint density at radius 3 is 2.64 bits per heavy atom. The number of hydrogen-bond donors (Lipinski definition) is 0. The van der Waals surface area contributed by atoms with E-state index in [1.165, 1.54) is 6.07 Å². The molecule has 7 heteroatoms. The standard InChI is InChI=1S/C18H16F2N4O/c19-13-4-5-14(15(20)11-13)18(25)23-9-6-12(7-10-23)17-22-21-16-3-1-2-8-24(16)17/h1-5,8,11-12H,6-7,9-10H2. The molecule has 0 aliphatic carbocycles. The molecule has 1 aromatic carbocycles. The van der Waals surface area contributed by atoms with Gasteiger partial charge in [-0.25, -0.2) is 8.78 Å². The molecule has 1 fully saturated rings. The third kappa shape index (κ3) is 2.86. The highest BCUT2D eigenvalue weighted by Crippen LogP contribution is 2.28. The molecule has 3 aromatic rings. The molecular weight excluding hydrogens is 326 g/mol. The van der Waals surface area contributed by atoms with Gasteiger partial charge in [0.1, 0.15) is 17.5 Å². The molecule has 5 nitrogen and oxygen atoms in total. The van der Waals surface area contributed by atoms with Gasteiger partial charge in [0.2, 0.25) is 0 Å². The van der Waals surface area contributed by atoms with Crippen LogP contribution in [0.1, 0.15) is 34.9 Å². The Labute approximate surface area is 142 Å². The number of nitrogens with zero attached hydrogens (tertiary/aromatic N) is 4. The monoisotopic (exact) mass is 342 g/mol. The smallest absolute Gasteiger partial charge is 0.256 e. The van der Waals surface area contributed by atoms with Gasteiger partial charge in [-0.05, 0) is 37.1 Å². The maximum absolute atomic E-state index is 13.8. The number of halogens is 2. The van der Waals surface area contributed by atoms with Gasteiger partial charge in [0.25, 0.3) is 5.91 Å². The number of amides is 1. The predicted molar refractivity (Wildman–Crippen MR) is 87.2 cm³/mol. The first kappa shape index (κ1) is 15.7. The molecule has 3 heterocycles. The van der Waals surface area contributed by atoms with Crippen LogP contribution in [0.15, 0.2) is 42.6 Å². The summed E-state index contributed by atoms with van der Waals surface area (Å²) in [7, 11) is 0. The van der Waals surface area contributed by atoms with Gasteiger partial charge in [-0.1, -0.05) is 6.07 Å². The van der Waals surface area contributed by atoms with E-state index in [0.717, 1.165) is 36.4 Å². The van der Waals surface area contributed by atoms with Crippen molar-refractivity contribution in [3.63, 3.8) is 0 Å². The molecule has 0 unspecified atom stereocenters. The van der Waals surface area contributed by atoms with Crippen LogP contribution in [0, 0.1) is 11.6 Å². The summed E-state index contributed by atoms with van der Waals surface area (Å²) in [5.41, 5.74) is 0.706. The average molecular weight is 342 g/mol. The van der Waals surface area contributed by atoms with Gasteiger partial charge < -0.3 is 4.90 Å². The summed E-state index contributed by atoms with van der Waals surface area (Å²) >= 11 is 0. The number of rotatable bonds is 2. The lowest BCUT2D eigenvalue weighted by atomic mass is 9.95. The Balaban J connectivity index is 1.49. The second kappa shape index (κ2) is 6.23. The molecule has 1 aliphatic rings. The van der Waals surface area contributed by atoms with E-state index in [1.807, 2.05) is 28.8 Å². The summed E-state index contributed by atoms with van der Waals surface area (Å²) in [4.78, 5) is 14.1. The normalized spacial score (nSPS) is 15.7. The van der Waals surface area contributed by atoms with E-state index in [1.54, 1.807) is 4.90 Å². The topological polar surface area (TPSA) is 50.5 Å². The molecule has 1 saturated heterocycles. The Kier molecular flexibility index (Phi) is 3.91. The third-order valence-corrected chi connectivity index (χ3v) is 4.65. The van der Waals surface area contributed by atoms with E-state index >= 15 is 0 Å². The molecule has 0 bridgehead atoms. The summed E-state index contributed by atoms with van der Waals surface area (Å²) in [5.74, 6) is -0.834. The maximum atomic E-state index is 13.8. The zero-order valence-electron chi connectivity index (χ0n) is 13.4. The molecule has 128 valence electrons. The van der Waals surface area contributed by atoms with Gasteiger partial charge in [0.05, 0.1) is 5.56 Å². The largest absolute Gasteiger partial charge is 0.339 e. The molecule has 0 atom stereocenters. The Bertz CT molecular complexity index is 932. The van der Waals surface area contributed by atoms with E-state index in [9.17, 15) is 13.6 Å². The lowest BCUT2D eigenvalue weighted by molar-refractivity contribution is 0.0706. The third-order valence-electron chi connectivity index (χ3n) is 4.65. The van der Waals surface area contributed by atoms with Crippen molar-refractivity contribution in [1.82, 2.24) is 19.5 Å². The summed E-state index contributed by atoms with van der Waals surface area (Å²) in [6, 6.07) is 8.77. The van der Waals surface area contributed by atoms with Crippen LogP contribution in [0.25, 0.3) is 5.65 Å². The second-order valence-corrected chi connectivity index (χ2v) is 6.18. The SMILES string of the molecule is O=C(c1ccc(F)cc1F)N1CCC(c2nnc3ccccn23)CC1. The molecule has 0 saturated carbocycles. The summed E-state index contributed by atoms with van der Waals surface area (Å²) in [6.45, 7) is 1.00. The van der Waals surface area contributed by atoms with E-state index in [4.69, 9.17) is 0 Å². The van der Waals surface area contributed by atoms with Crippen LogP contribution >= 0.6 is 0 Å². The molecule has 4 rings (SSSR count). The van der Waals surface area contributed by atoms with Crippen LogP contribution in [0.4, 0.5) is 8.78 Å². The minimum absolute atomic E-state index is 0.0900. The first-order chi connectivity index (χ1) is 12.1. The number of hydrogen-bond acceptors (Lipinski definition) is 3. The first-order valence-corrected chi connectivity index (χ1v) is 8.17. The molecule has 1 amide bonds. The van der Waals surface area contributed by atoms with E-state index in [0.29, 0.717) is 13.1 Å². The fraction of sp³-hybridized carbons (Fsp3) is 0.278. The van der Waals surface area contributed by atoms with Crippen molar-refractivity contribution in [2.24, 2.45) is 0 Å². The number of carbonyl (C=O) groups excluding carboxylic acids is 1. The highest BCUT2D eigenvalue weighted by atomic mass is 19.1. The summed E-state index contributed by atoms with van der Waals surface area (Å²) in [6.07, 6.45) is 3.38. The van der Waals surface area contributed by atoms with Crippen LogP contribution in [-0.2, 0) is 0 Å². The minimum Gasteiger partial charge on any atom is -0.339 e. The number of fused-ring (bicyclic) bond motifs is 1. The lowest BCUT2D eigenvalue weighted by Gasteiger charge is -2.31. The van der Waals surface area contributed by atoms with Crippen LogP contribution in [0.2, 0.25) is 0 Å². The second-order valence-electron chi connectivity index (χ2n) is 6.18. The Morgan fingerprint density at radius 1 is 1.08 bits per heavy atom. The zero-order valence-corrected chi connectivity index (χ0v) is 13.4. The molecule has 2 aromatic heterocycles. The van der Waals surface area contributed by atoms with Crippen molar-refractivity contribution in [1.29, 1.82) is 0 Å². The van der Waals surface area contributed by atoms with Crippen LogP contribution < -0.4 is 0 Å². The highest BCUT2D eigenvalue weighted by Gasteiger charge is 2.28. The first-order valence-electron chi connectivity index (χ1n) is 8.17. The Hall–Kier alpha value is -2.83. The van der Waals surface area contributed by atoms with Crippen LogP contribution in [0.5, 0.6) is 0 Å². The van der Waals surface area contributed by atoms with Gasteiger partial charge in [0.15, 0.2) is 5.65 Å². The van der Waals surface area contributed by atoms with Gasteiger partial charge in [-0.3, -0.25) is 9.20 Å². The highest BCUT2D eigenvalue weighted by molar-refractivity contribution is 5.94. The van der Waals surface area contributed by atoms with Crippen molar-refractivity contribution < 1.29 is 13.6 Å². The molecule has 1 aliphatic heterocycles. The van der Waals surface area contributed by atoms with Gasteiger partial charge in [-0.15, -0.1) is 10.2 Å². The molecule has 0 spiro atoms. The zero-order chi connectivity index (χ0) is 17.4. The average Bonchev–Trinajstić information content (AvgIpc) is 3.05. The number of aromatic nitrogens is 3. The number of carbonyl (C=O) groups is 1. The summed E-state index contributed by atoms with van der Waals surface area (Å²) < 4.78 is 28.8. The van der Waals surface area contributed by atoms with Crippen molar-refractivity contribution in [2.75, 3.05) is 13.1 Å². The van der Waals surface area contributed by atoms with Gasteiger partial charge in [-0.2, -0.15) is 0 Å². The van der Waals surface area contributed by atoms with Crippen LogP contribution in [-0.4, -0.2) is 38.5 Å². The number of piperidine rings is 1. The Morgan fingerprint density at radius 2 is 1.88 bits per heavy atom. The van der Waals surface area contributed by atoms with E-state index in [2.05, 4.69) is 10.2 Å². The maximum Gasteiger partial charge on any atom is 0.256 e. The molecule has 0 radical (unpaired) electrons. The van der Waals surface area contributed by atoms with Gasteiger partial charge >= 0.3 is 0 Å². The van der Waals surface area contributed by atoms with Crippen LogP contribution in [0.3, 0.4) is 0 Å². The van der Waals surface area contributed by atoms with Crippen molar-refractivity contribution in [2.45, 2.75) is 18.8 Å². The lowest BCUT2D eigenvalue weighted by Crippen LogP contribution is -2.38. The fourth-order valence-electron chi connectivity index (χ4n) is 3.31. The minimum atomic E-state index is -0.824. The number of likely N-dealkylation sites (tertiary alicyclic amines) is 1. The van der Waals surface area contributed by atoms with E-state index < -0.39 is 17.5 Å². The van der Waals surface area contributed by atoms with Crippen molar-refractivity contribution >= 4 is 11.6 Å². The molecule has 25 heavy (non-hydrogen) atoms. The van der Waals surface area contributed by atoms with Crippen molar-refractivity contribution in [3.8, 4) is 0 Å². The molecular formula is C18H16F2N4O. The molecule has 0 N–H and O–H groups in total.